The van der Waals surface area contributed by atoms with Gasteiger partial charge >= 0.3 is 0 Å². The summed E-state index contributed by atoms with van der Waals surface area (Å²) in [6.45, 7) is 4.05. The van der Waals surface area contributed by atoms with Crippen LogP contribution in [0, 0.1) is 6.92 Å². The minimum Gasteiger partial charge on any atom is -0.497 e. The number of aromatic amines is 1. The van der Waals surface area contributed by atoms with E-state index in [0.29, 0.717) is 5.69 Å². The summed E-state index contributed by atoms with van der Waals surface area (Å²) in [5.41, 5.74) is 4.45. The van der Waals surface area contributed by atoms with Crippen LogP contribution in [-0.2, 0) is 6.42 Å². The van der Waals surface area contributed by atoms with Crippen LogP contribution < -0.4 is 10.1 Å². The number of carbonyl (C=O) groups excluding carboxylic acids is 1. The van der Waals surface area contributed by atoms with Crippen molar-refractivity contribution in [3.8, 4) is 5.75 Å². The number of fused-ring (bicyclic) bond motifs is 1. The molecule has 0 aliphatic carbocycles. The third-order valence-corrected chi connectivity index (χ3v) is 4.11. The second-order valence-corrected chi connectivity index (χ2v) is 5.54. The van der Waals surface area contributed by atoms with Crippen molar-refractivity contribution >= 4 is 22.5 Å². The van der Waals surface area contributed by atoms with Crippen LogP contribution >= 0.6 is 0 Å². The van der Waals surface area contributed by atoms with Crippen molar-refractivity contribution in [1.29, 1.82) is 0 Å². The van der Waals surface area contributed by atoms with Crippen molar-refractivity contribution in [2.24, 2.45) is 0 Å². The Morgan fingerprint density at radius 3 is 2.57 bits per heavy atom. The SMILES string of the molecule is CCc1ccc(NC(=O)c2[nH]c3cc(OC)ccc3c2C)cc1. The quantitative estimate of drug-likeness (QED) is 0.755. The van der Waals surface area contributed by atoms with Gasteiger partial charge in [0, 0.05) is 22.7 Å². The molecule has 0 atom stereocenters. The molecule has 0 bridgehead atoms. The van der Waals surface area contributed by atoms with Crippen molar-refractivity contribution in [2.75, 3.05) is 12.4 Å². The van der Waals surface area contributed by atoms with Gasteiger partial charge < -0.3 is 15.0 Å². The van der Waals surface area contributed by atoms with Gasteiger partial charge in [0.2, 0.25) is 0 Å². The molecular formula is C19H20N2O2. The van der Waals surface area contributed by atoms with E-state index in [0.717, 1.165) is 34.3 Å². The molecule has 0 aliphatic rings. The number of H-pyrrole nitrogens is 1. The number of hydrogen-bond acceptors (Lipinski definition) is 2. The predicted molar refractivity (Wildman–Crippen MR) is 93.4 cm³/mol. The van der Waals surface area contributed by atoms with Crippen LogP contribution in [0.4, 0.5) is 5.69 Å². The Bertz CT molecular complexity index is 848. The summed E-state index contributed by atoms with van der Waals surface area (Å²) < 4.78 is 5.23. The van der Waals surface area contributed by atoms with Crippen LogP contribution in [0.3, 0.4) is 0 Å². The zero-order valence-corrected chi connectivity index (χ0v) is 13.6. The highest BCUT2D eigenvalue weighted by Gasteiger charge is 2.15. The number of hydrogen-bond donors (Lipinski definition) is 2. The molecule has 1 heterocycles. The first kappa shape index (κ1) is 15.2. The third kappa shape index (κ3) is 2.93. The lowest BCUT2D eigenvalue weighted by molar-refractivity contribution is 0.102. The minimum absolute atomic E-state index is 0.137. The van der Waals surface area contributed by atoms with E-state index >= 15 is 0 Å². The maximum absolute atomic E-state index is 12.5. The maximum Gasteiger partial charge on any atom is 0.272 e. The fourth-order valence-corrected chi connectivity index (χ4v) is 2.69. The molecule has 118 valence electrons. The van der Waals surface area contributed by atoms with Crippen molar-refractivity contribution in [1.82, 2.24) is 4.98 Å². The second kappa shape index (κ2) is 6.16. The molecular weight excluding hydrogens is 288 g/mol. The summed E-state index contributed by atoms with van der Waals surface area (Å²) in [5, 5.41) is 3.96. The fourth-order valence-electron chi connectivity index (χ4n) is 2.69. The number of aromatic nitrogens is 1. The normalized spacial score (nSPS) is 10.7. The van der Waals surface area contributed by atoms with Gasteiger partial charge in [0.1, 0.15) is 11.4 Å². The smallest absolute Gasteiger partial charge is 0.272 e. The average Bonchev–Trinajstić information content (AvgIpc) is 2.92. The molecule has 1 aromatic heterocycles. The largest absolute Gasteiger partial charge is 0.497 e. The van der Waals surface area contributed by atoms with E-state index in [1.165, 1.54) is 5.56 Å². The molecule has 0 saturated heterocycles. The van der Waals surface area contributed by atoms with Gasteiger partial charge in [-0.3, -0.25) is 4.79 Å². The van der Waals surface area contributed by atoms with E-state index in [-0.39, 0.29) is 5.91 Å². The lowest BCUT2D eigenvalue weighted by atomic mass is 10.1. The number of methoxy groups -OCH3 is 1. The zero-order valence-electron chi connectivity index (χ0n) is 13.6. The number of anilines is 1. The molecule has 0 spiro atoms. The van der Waals surface area contributed by atoms with Crippen LogP contribution in [-0.4, -0.2) is 18.0 Å². The highest BCUT2D eigenvalue weighted by Crippen LogP contribution is 2.26. The number of amides is 1. The van der Waals surface area contributed by atoms with Crippen LogP contribution in [0.25, 0.3) is 10.9 Å². The highest BCUT2D eigenvalue weighted by atomic mass is 16.5. The topological polar surface area (TPSA) is 54.1 Å². The molecule has 4 heteroatoms. The molecule has 3 aromatic rings. The van der Waals surface area contributed by atoms with Gasteiger partial charge in [-0.1, -0.05) is 19.1 Å². The van der Waals surface area contributed by atoms with Gasteiger partial charge in [0.15, 0.2) is 0 Å². The Hall–Kier alpha value is -2.75. The van der Waals surface area contributed by atoms with Crippen LogP contribution in [0.2, 0.25) is 0 Å². The predicted octanol–water partition coefficient (Wildman–Crippen LogP) is 4.30. The summed E-state index contributed by atoms with van der Waals surface area (Å²) in [5.74, 6) is 0.628. The lowest BCUT2D eigenvalue weighted by Gasteiger charge is -2.05. The van der Waals surface area contributed by atoms with E-state index < -0.39 is 0 Å². The van der Waals surface area contributed by atoms with Crippen molar-refractivity contribution in [3.05, 3.63) is 59.3 Å². The molecule has 0 radical (unpaired) electrons. The molecule has 0 saturated carbocycles. The van der Waals surface area contributed by atoms with E-state index in [4.69, 9.17) is 4.74 Å². The molecule has 0 unspecified atom stereocenters. The van der Waals surface area contributed by atoms with Crippen LogP contribution in [0.5, 0.6) is 5.75 Å². The van der Waals surface area contributed by atoms with Crippen LogP contribution in [0.1, 0.15) is 28.5 Å². The van der Waals surface area contributed by atoms with Gasteiger partial charge in [-0.25, -0.2) is 0 Å². The highest BCUT2D eigenvalue weighted by molar-refractivity contribution is 6.07. The molecule has 23 heavy (non-hydrogen) atoms. The van der Waals surface area contributed by atoms with E-state index in [2.05, 4.69) is 17.2 Å². The van der Waals surface area contributed by atoms with Crippen LogP contribution in [0.15, 0.2) is 42.5 Å². The molecule has 2 aromatic carbocycles. The first-order valence-electron chi connectivity index (χ1n) is 7.69. The fraction of sp³-hybridized carbons (Fsp3) is 0.211. The number of carbonyl (C=O) groups is 1. The maximum atomic E-state index is 12.5. The van der Waals surface area contributed by atoms with Crippen molar-refractivity contribution in [2.45, 2.75) is 20.3 Å². The van der Waals surface area contributed by atoms with E-state index in [1.807, 2.05) is 49.4 Å². The van der Waals surface area contributed by atoms with Crippen molar-refractivity contribution < 1.29 is 9.53 Å². The Morgan fingerprint density at radius 2 is 1.91 bits per heavy atom. The first-order chi connectivity index (χ1) is 11.1. The molecule has 1 amide bonds. The van der Waals surface area contributed by atoms with Gasteiger partial charge in [0.25, 0.3) is 5.91 Å². The number of nitrogens with one attached hydrogen (secondary N) is 2. The summed E-state index contributed by atoms with van der Waals surface area (Å²) in [6.07, 6.45) is 0.983. The van der Waals surface area contributed by atoms with E-state index in [9.17, 15) is 4.79 Å². The lowest BCUT2D eigenvalue weighted by Crippen LogP contribution is -2.13. The van der Waals surface area contributed by atoms with E-state index in [1.54, 1.807) is 7.11 Å². The zero-order chi connectivity index (χ0) is 16.4. The first-order valence-corrected chi connectivity index (χ1v) is 7.69. The van der Waals surface area contributed by atoms with Gasteiger partial charge in [0.05, 0.1) is 7.11 Å². The average molecular weight is 308 g/mol. The van der Waals surface area contributed by atoms with Gasteiger partial charge in [-0.15, -0.1) is 0 Å². The number of aryl methyl sites for hydroxylation is 2. The second-order valence-electron chi connectivity index (χ2n) is 5.54. The third-order valence-electron chi connectivity index (χ3n) is 4.11. The summed E-state index contributed by atoms with van der Waals surface area (Å²) in [7, 11) is 1.63. The minimum atomic E-state index is -0.137. The molecule has 3 rings (SSSR count). The van der Waals surface area contributed by atoms with Crippen molar-refractivity contribution in [3.63, 3.8) is 0 Å². The number of ether oxygens (including phenoxy) is 1. The molecule has 0 aliphatic heterocycles. The molecule has 2 N–H and O–H groups in total. The molecule has 4 nitrogen and oxygen atoms in total. The van der Waals surface area contributed by atoms with Gasteiger partial charge in [-0.2, -0.15) is 0 Å². The standard InChI is InChI=1S/C19H20N2O2/c1-4-13-5-7-14(8-6-13)20-19(22)18-12(2)16-10-9-15(23-3)11-17(16)21-18/h5-11,21H,4H2,1-3H3,(H,20,22). The Kier molecular flexibility index (Phi) is 4.06. The summed E-state index contributed by atoms with van der Waals surface area (Å²) in [6, 6.07) is 13.7. The monoisotopic (exact) mass is 308 g/mol. The Morgan fingerprint density at radius 1 is 1.17 bits per heavy atom. The molecule has 0 fully saturated rings. The Labute approximate surface area is 135 Å². The number of benzene rings is 2. The van der Waals surface area contributed by atoms with Gasteiger partial charge in [-0.05, 0) is 48.7 Å². The number of rotatable bonds is 4. The Balaban J connectivity index is 1.89. The summed E-state index contributed by atoms with van der Waals surface area (Å²) in [4.78, 5) is 15.7. The summed E-state index contributed by atoms with van der Waals surface area (Å²) >= 11 is 0.